The Balaban J connectivity index is 1.94. The molecule has 0 saturated carbocycles. The van der Waals surface area contributed by atoms with Gasteiger partial charge in [-0.25, -0.2) is 4.98 Å². The van der Waals surface area contributed by atoms with Crippen molar-refractivity contribution in [2.75, 3.05) is 0 Å². The number of halogens is 1. The second-order valence-corrected chi connectivity index (χ2v) is 5.17. The number of ether oxygens (including phenoxy) is 1. The van der Waals surface area contributed by atoms with Gasteiger partial charge in [-0.2, -0.15) is 5.26 Å². The number of fused-ring (bicyclic) bond motifs is 1. The summed E-state index contributed by atoms with van der Waals surface area (Å²) in [6.07, 6.45) is 1.56. The van der Waals surface area contributed by atoms with Crippen LogP contribution in [0.3, 0.4) is 0 Å². The normalized spacial score (nSPS) is 10.2. The van der Waals surface area contributed by atoms with Gasteiger partial charge in [0.05, 0.1) is 11.6 Å². The average Bonchev–Trinajstić information content (AvgIpc) is 2.47. The first kappa shape index (κ1) is 12.6. The van der Waals surface area contributed by atoms with Gasteiger partial charge in [-0.1, -0.05) is 28.1 Å². The van der Waals surface area contributed by atoms with Crippen LogP contribution >= 0.6 is 15.9 Å². The zero-order chi connectivity index (χ0) is 13.9. The number of pyridine rings is 1. The lowest BCUT2D eigenvalue weighted by Gasteiger charge is -2.06. The van der Waals surface area contributed by atoms with Crippen LogP contribution in [0.2, 0.25) is 0 Å². The number of benzene rings is 2. The molecule has 0 bridgehead atoms. The number of hydrogen-bond acceptors (Lipinski definition) is 3. The Kier molecular flexibility index (Phi) is 3.36. The van der Waals surface area contributed by atoms with Gasteiger partial charge in [-0.15, -0.1) is 0 Å². The van der Waals surface area contributed by atoms with Gasteiger partial charge in [0.25, 0.3) is 0 Å². The second-order valence-electron chi connectivity index (χ2n) is 4.25. The molecule has 2 aromatic carbocycles. The van der Waals surface area contributed by atoms with E-state index in [1.807, 2.05) is 36.4 Å². The smallest absolute Gasteiger partial charge is 0.220 e. The molecule has 3 aromatic rings. The molecule has 0 N–H and O–H groups in total. The van der Waals surface area contributed by atoms with E-state index in [1.54, 1.807) is 18.3 Å². The molecule has 0 spiro atoms. The van der Waals surface area contributed by atoms with E-state index >= 15 is 0 Å². The highest BCUT2D eigenvalue weighted by Crippen LogP contribution is 2.26. The molecule has 96 valence electrons. The third kappa shape index (κ3) is 2.63. The van der Waals surface area contributed by atoms with Crippen LogP contribution in [0, 0.1) is 11.3 Å². The van der Waals surface area contributed by atoms with Crippen LogP contribution in [0.4, 0.5) is 0 Å². The molecule has 0 saturated heterocycles. The van der Waals surface area contributed by atoms with Crippen molar-refractivity contribution in [1.29, 1.82) is 5.26 Å². The summed E-state index contributed by atoms with van der Waals surface area (Å²) in [6, 6.07) is 17.2. The molecule has 1 aromatic heterocycles. The largest absolute Gasteiger partial charge is 0.439 e. The fourth-order valence-corrected chi connectivity index (χ4v) is 2.29. The summed E-state index contributed by atoms with van der Waals surface area (Å²) in [5.41, 5.74) is 0.528. The highest BCUT2D eigenvalue weighted by atomic mass is 79.9. The minimum absolute atomic E-state index is 0.417. The van der Waals surface area contributed by atoms with Crippen molar-refractivity contribution in [2.45, 2.75) is 0 Å². The van der Waals surface area contributed by atoms with Crippen molar-refractivity contribution in [3.63, 3.8) is 0 Å². The minimum atomic E-state index is 0.417. The van der Waals surface area contributed by atoms with Gasteiger partial charge < -0.3 is 4.74 Å². The molecule has 3 nitrogen and oxygen atoms in total. The molecule has 1 heterocycles. The van der Waals surface area contributed by atoms with Gasteiger partial charge in [0.1, 0.15) is 5.75 Å². The maximum absolute atomic E-state index is 8.86. The molecule has 3 rings (SSSR count). The molecule has 4 heteroatoms. The first-order chi connectivity index (χ1) is 9.74. The van der Waals surface area contributed by atoms with E-state index in [-0.39, 0.29) is 0 Å². The molecule has 0 unspecified atom stereocenters. The summed E-state index contributed by atoms with van der Waals surface area (Å²) in [5.74, 6) is 1.11. The van der Waals surface area contributed by atoms with Crippen molar-refractivity contribution in [2.24, 2.45) is 0 Å². The van der Waals surface area contributed by atoms with Gasteiger partial charge in [0.15, 0.2) is 0 Å². The average molecular weight is 325 g/mol. The van der Waals surface area contributed by atoms with Gasteiger partial charge in [0, 0.05) is 16.7 Å². The lowest BCUT2D eigenvalue weighted by molar-refractivity contribution is 0.463. The molecule has 0 aliphatic heterocycles. The number of nitriles is 1. The van der Waals surface area contributed by atoms with E-state index in [0.717, 1.165) is 15.2 Å². The number of aromatic nitrogens is 1. The Hall–Kier alpha value is -2.38. The molecular formula is C16H9BrN2O. The molecule has 0 aliphatic carbocycles. The lowest BCUT2D eigenvalue weighted by Crippen LogP contribution is -1.88. The van der Waals surface area contributed by atoms with Crippen molar-refractivity contribution < 1.29 is 4.74 Å². The van der Waals surface area contributed by atoms with Gasteiger partial charge >= 0.3 is 0 Å². The molecule has 0 aliphatic rings. The SMILES string of the molecule is N#Cc1ccnc(Oc2ccc3cc(Br)ccc3c2)c1. The second kappa shape index (κ2) is 5.32. The van der Waals surface area contributed by atoms with E-state index in [2.05, 4.69) is 27.0 Å². The van der Waals surface area contributed by atoms with E-state index in [1.165, 1.54) is 0 Å². The van der Waals surface area contributed by atoms with Gasteiger partial charge in [0.2, 0.25) is 5.88 Å². The number of rotatable bonds is 2. The van der Waals surface area contributed by atoms with Crippen LogP contribution in [0.25, 0.3) is 10.8 Å². The monoisotopic (exact) mass is 324 g/mol. The third-order valence-electron chi connectivity index (χ3n) is 2.86. The molecule has 0 atom stereocenters. The molecular weight excluding hydrogens is 316 g/mol. The summed E-state index contributed by atoms with van der Waals surface area (Å²) in [6.45, 7) is 0. The highest BCUT2D eigenvalue weighted by molar-refractivity contribution is 9.10. The zero-order valence-corrected chi connectivity index (χ0v) is 12.0. The predicted molar refractivity (Wildman–Crippen MR) is 80.7 cm³/mol. The Bertz CT molecular complexity index is 824. The zero-order valence-electron chi connectivity index (χ0n) is 10.4. The van der Waals surface area contributed by atoms with Crippen LogP contribution in [0.15, 0.2) is 59.2 Å². The third-order valence-corrected chi connectivity index (χ3v) is 3.35. The quantitative estimate of drug-likeness (QED) is 0.688. The molecule has 20 heavy (non-hydrogen) atoms. The van der Waals surface area contributed by atoms with E-state index in [9.17, 15) is 0 Å². The van der Waals surface area contributed by atoms with Crippen LogP contribution in [-0.4, -0.2) is 4.98 Å². The Morgan fingerprint density at radius 2 is 1.80 bits per heavy atom. The van der Waals surface area contributed by atoms with Crippen molar-refractivity contribution >= 4 is 26.7 Å². The fraction of sp³-hybridized carbons (Fsp3) is 0. The fourth-order valence-electron chi connectivity index (χ4n) is 1.91. The topological polar surface area (TPSA) is 45.9 Å². The van der Waals surface area contributed by atoms with Crippen LogP contribution < -0.4 is 4.74 Å². The molecule has 0 amide bonds. The van der Waals surface area contributed by atoms with Crippen LogP contribution in [0.5, 0.6) is 11.6 Å². The lowest BCUT2D eigenvalue weighted by atomic mass is 10.1. The van der Waals surface area contributed by atoms with Crippen LogP contribution in [0.1, 0.15) is 5.56 Å². The first-order valence-corrected chi connectivity index (χ1v) is 6.77. The maximum atomic E-state index is 8.86. The molecule has 0 fully saturated rings. The highest BCUT2D eigenvalue weighted by Gasteiger charge is 2.02. The van der Waals surface area contributed by atoms with Gasteiger partial charge in [-0.3, -0.25) is 0 Å². The van der Waals surface area contributed by atoms with Gasteiger partial charge in [-0.05, 0) is 41.1 Å². The van der Waals surface area contributed by atoms with Crippen LogP contribution in [-0.2, 0) is 0 Å². The van der Waals surface area contributed by atoms with E-state index in [4.69, 9.17) is 10.00 Å². The maximum Gasteiger partial charge on any atom is 0.220 e. The van der Waals surface area contributed by atoms with E-state index in [0.29, 0.717) is 17.2 Å². The molecule has 0 radical (unpaired) electrons. The summed E-state index contributed by atoms with van der Waals surface area (Å²) >= 11 is 3.45. The van der Waals surface area contributed by atoms with E-state index < -0.39 is 0 Å². The summed E-state index contributed by atoms with van der Waals surface area (Å²) in [7, 11) is 0. The summed E-state index contributed by atoms with van der Waals surface area (Å²) in [4.78, 5) is 4.10. The van der Waals surface area contributed by atoms with Crippen molar-refractivity contribution in [3.05, 3.63) is 64.8 Å². The Morgan fingerprint density at radius 1 is 1.00 bits per heavy atom. The minimum Gasteiger partial charge on any atom is -0.439 e. The van der Waals surface area contributed by atoms with Crippen molar-refractivity contribution in [1.82, 2.24) is 4.98 Å². The Morgan fingerprint density at radius 3 is 2.65 bits per heavy atom. The predicted octanol–water partition coefficient (Wildman–Crippen LogP) is 4.66. The Labute approximate surface area is 124 Å². The number of nitrogens with zero attached hydrogens (tertiary/aromatic N) is 2. The summed E-state index contributed by atoms with van der Waals surface area (Å²) < 4.78 is 6.73. The number of hydrogen-bond donors (Lipinski definition) is 0. The van der Waals surface area contributed by atoms with Crippen molar-refractivity contribution in [3.8, 4) is 17.7 Å². The standard InChI is InChI=1S/C16H9BrN2O/c17-14-3-1-13-9-15(4-2-12(13)8-14)20-16-7-11(10-18)5-6-19-16/h1-9H. The summed E-state index contributed by atoms with van der Waals surface area (Å²) in [5, 5.41) is 11.1. The first-order valence-electron chi connectivity index (χ1n) is 5.98.